The Hall–Kier alpha value is -3.88. The van der Waals surface area contributed by atoms with E-state index in [-0.39, 0.29) is 12.0 Å². The predicted octanol–water partition coefficient (Wildman–Crippen LogP) is 6.40. The third-order valence-electron chi connectivity index (χ3n) is 7.15. The first-order chi connectivity index (χ1) is 18.5. The number of nitrogens with one attached hydrogen (secondary N) is 1. The zero-order valence-corrected chi connectivity index (χ0v) is 22.0. The van der Waals surface area contributed by atoms with E-state index in [1.54, 1.807) is 6.33 Å². The summed E-state index contributed by atoms with van der Waals surface area (Å²) in [6.45, 7) is 2.41. The SMILES string of the molecule is Cc1cccc(-c2[nH]cnc2-c2ccc3ncc(-c4csc(C(=O)OC[C@@H]5CCC[C@H](N)C5)c4)cc3c2)n1. The number of hydrogen-bond donors (Lipinski definition) is 2. The fraction of sp³-hybridized carbons (Fsp3) is 0.267. The highest BCUT2D eigenvalue weighted by atomic mass is 32.1. The average molecular weight is 524 g/mol. The van der Waals surface area contributed by atoms with Crippen LogP contribution in [0.4, 0.5) is 0 Å². The third kappa shape index (κ3) is 5.10. The molecule has 0 saturated heterocycles. The topological polar surface area (TPSA) is 107 Å². The van der Waals surface area contributed by atoms with Crippen LogP contribution in [0.1, 0.15) is 41.0 Å². The number of aromatic amines is 1. The van der Waals surface area contributed by atoms with E-state index < -0.39 is 0 Å². The number of H-pyrrole nitrogens is 1. The Bertz CT molecular complexity index is 1610. The van der Waals surface area contributed by atoms with E-state index in [4.69, 9.17) is 10.5 Å². The van der Waals surface area contributed by atoms with Gasteiger partial charge in [-0.05, 0) is 79.4 Å². The first kappa shape index (κ1) is 24.5. The highest BCUT2D eigenvalue weighted by molar-refractivity contribution is 7.12. The number of fused-ring (bicyclic) bond motifs is 1. The van der Waals surface area contributed by atoms with Crippen molar-refractivity contribution < 1.29 is 9.53 Å². The van der Waals surface area contributed by atoms with Crippen molar-refractivity contribution in [1.29, 1.82) is 0 Å². The molecule has 0 amide bonds. The quantitative estimate of drug-likeness (QED) is 0.250. The third-order valence-corrected chi connectivity index (χ3v) is 8.06. The first-order valence-corrected chi connectivity index (χ1v) is 13.8. The Balaban J connectivity index is 1.23. The molecule has 4 aromatic heterocycles. The van der Waals surface area contributed by atoms with Gasteiger partial charge in [0.15, 0.2) is 0 Å². The number of nitrogens with two attached hydrogens (primary N) is 1. The van der Waals surface area contributed by atoms with Gasteiger partial charge >= 0.3 is 5.97 Å². The number of ether oxygens (including phenoxy) is 1. The molecule has 1 aliphatic rings. The van der Waals surface area contributed by atoms with Gasteiger partial charge in [0.25, 0.3) is 0 Å². The van der Waals surface area contributed by atoms with Crippen molar-refractivity contribution in [2.75, 3.05) is 6.61 Å². The van der Waals surface area contributed by atoms with Crippen LogP contribution in [0.15, 0.2) is 66.4 Å². The van der Waals surface area contributed by atoms with Gasteiger partial charge in [-0.3, -0.25) is 9.97 Å². The summed E-state index contributed by atoms with van der Waals surface area (Å²) in [5.41, 5.74) is 13.4. The summed E-state index contributed by atoms with van der Waals surface area (Å²) >= 11 is 1.40. The molecule has 1 aliphatic carbocycles. The lowest BCUT2D eigenvalue weighted by atomic mass is 9.87. The number of carbonyl (C=O) groups is 1. The second-order valence-corrected chi connectivity index (χ2v) is 10.9. The average Bonchev–Trinajstić information content (AvgIpc) is 3.62. The lowest BCUT2D eigenvalue weighted by Crippen LogP contribution is -2.30. The van der Waals surface area contributed by atoms with Crippen LogP contribution in [-0.2, 0) is 4.74 Å². The number of thiophene rings is 1. The van der Waals surface area contributed by atoms with Crippen molar-refractivity contribution in [3.8, 4) is 33.8 Å². The predicted molar refractivity (Wildman–Crippen MR) is 151 cm³/mol. The van der Waals surface area contributed by atoms with Gasteiger partial charge in [0, 0.05) is 34.4 Å². The van der Waals surface area contributed by atoms with Crippen molar-refractivity contribution >= 4 is 28.2 Å². The Kier molecular flexibility index (Phi) is 6.74. The Morgan fingerprint density at radius 2 is 2.00 bits per heavy atom. The number of esters is 1. The van der Waals surface area contributed by atoms with Crippen molar-refractivity contribution in [2.24, 2.45) is 11.7 Å². The molecule has 8 heteroatoms. The number of rotatable bonds is 6. The Morgan fingerprint density at radius 1 is 1.11 bits per heavy atom. The molecule has 3 N–H and O–H groups in total. The Labute approximate surface area is 225 Å². The van der Waals surface area contributed by atoms with E-state index in [1.807, 2.05) is 54.9 Å². The maximum absolute atomic E-state index is 12.7. The van der Waals surface area contributed by atoms with Gasteiger partial charge in [-0.25, -0.2) is 9.78 Å². The normalized spacial score (nSPS) is 17.5. The van der Waals surface area contributed by atoms with Crippen molar-refractivity contribution in [3.63, 3.8) is 0 Å². The maximum Gasteiger partial charge on any atom is 0.348 e. The second kappa shape index (κ2) is 10.5. The molecule has 1 aromatic carbocycles. The van der Waals surface area contributed by atoms with Crippen LogP contribution in [0.3, 0.4) is 0 Å². The molecule has 2 atom stereocenters. The van der Waals surface area contributed by atoms with E-state index in [0.29, 0.717) is 17.4 Å². The Morgan fingerprint density at radius 3 is 2.87 bits per heavy atom. The smallest absolute Gasteiger partial charge is 0.348 e. The first-order valence-electron chi connectivity index (χ1n) is 12.9. The van der Waals surface area contributed by atoms with Crippen LogP contribution in [0, 0.1) is 12.8 Å². The monoisotopic (exact) mass is 523 g/mol. The minimum atomic E-state index is -0.271. The maximum atomic E-state index is 12.7. The van der Waals surface area contributed by atoms with Crippen LogP contribution in [0.25, 0.3) is 44.7 Å². The largest absolute Gasteiger partial charge is 0.461 e. The number of hydrogen-bond acceptors (Lipinski definition) is 7. The number of imidazole rings is 1. The zero-order chi connectivity index (χ0) is 26.1. The standard InChI is InChI=1S/C30H29N5O2S/c1-18-4-2-7-26(35-18)29-28(33-17-34-29)20-8-9-25-21(11-20)12-22(14-32-25)23-13-27(38-16-23)30(36)37-15-19-5-3-6-24(31)10-19/h2,4,7-9,11-14,16-17,19,24H,3,5-6,10,15,31H2,1H3,(H,33,34)/t19-,24+/m1/s1. The molecule has 0 radical (unpaired) electrons. The highest BCUT2D eigenvalue weighted by Gasteiger charge is 2.21. The fourth-order valence-corrected chi connectivity index (χ4v) is 5.98. The lowest BCUT2D eigenvalue weighted by Gasteiger charge is -2.25. The molecule has 192 valence electrons. The second-order valence-electron chi connectivity index (χ2n) is 10.0. The van der Waals surface area contributed by atoms with E-state index in [2.05, 4.69) is 32.1 Å². The van der Waals surface area contributed by atoms with Crippen LogP contribution in [0.2, 0.25) is 0 Å². The van der Waals surface area contributed by atoms with Gasteiger partial charge in [-0.2, -0.15) is 0 Å². The summed E-state index contributed by atoms with van der Waals surface area (Å²) < 4.78 is 5.63. The molecule has 0 spiro atoms. The van der Waals surface area contributed by atoms with Crippen LogP contribution >= 0.6 is 11.3 Å². The molecule has 7 nitrogen and oxygen atoms in total. The highest BCUT2D eigenvalue weighted by Crippen LogP contribution is 2.33. The van der Waals surface area contributed by atoms with Gasteiger partial charge in [0.05, 0.1) is 35.5 Å². The van der Waals surface area contributed by atoms with Crippen molar-refractivity contribution in [1.82, 2.24) is 19.9 Å². The van der Waals surface area contributed by atoms with Crippen molar-refractivity contribution in [3.05, 3.63) is 77.0 Å². The van der Waals surface area contributed by atoms with Gasteiger partial charge < -0.3 is 15.5 Å². The van der Waals surface area contributed by atoms with E-state index in [1.165, 1.54) is 11.3 Å². The van der Waals surface area contributed by atoms with Gasteiger partial charge in [-0.15, -0.1) is 11.3 Å². The number of benzene rings is 1. The molecule has 0 aliphatic heterocycles. The molecule has 6 rings (SSSR count). The number of aryl methyl sites for hydroxylation is 1. The summed E-state index contributed by atoms with van der Waals surface area (Å²) in [6, 6.07) is 16.3. The summed E-state index contributed by atoms with van der Waals surface area (Å²) in [5.74, 6) is 0.0880. The number of aromatic nitrogens is 4. The zero-order valence-electron chi connectivity index (χ0n) is 21.2. The van der Waals surface area contributed by atoms with E-state index >= 15 is 0 Å². The van der Waals surface area contributed by atoms with E-state index in [9.17, 15) is 4.79 Å². The molecular weight excluding hydrogens is 494 g/mol. The molecule has 38 heavy (non-hydrogen) atoms. The summed E-state index contributed by atoms with van der Waals surface area (Å²) in [5, 5.41) is 2.98. The summed E-state index contributed by atoms with van der Waals surface area (Å²) in [4.78, 5) is 30.4. The minimum absolute atomic E-state index is 0.223. The molecular formula is C30H29N5O2S. The van der Waals surface area contributed by atoms with Gasteiger partial charge in [0.2, 0.25) is 0 Å². The van der Waals surface area contributed by atoms with Gasteiger partial charge in [0.1, 0.15) is 4.88 Å². The molecule has 5 aromatic rings. The number of nitrogens with zero attached hydrogens (tertiary/aromatic N) is 3. The fourth-order valence-electron chi connectivity index (χ4n) is 5.17. The number of carbonyl (C=O) groups excluding carboxylic acids is 1. The minimum Gasteiger partial charge on any atom is -0.461 e. The molecule has 1 saturated carbocycles. The molecule has 4 heterocycles. The summed E-state index contributed by atoms with van der Waals surface area (Å²) in [6.07, 6.45) is 7.71. The van der Waals surface area contributed by atoms with E-state index in [0.717, 1.165) is 76.1 Å². The molecule has 0 unspecified atom stereocenters. The van der Waals surface area contributed by atoms with Crippen LogP contribution in [-0.4, -0.2) is 38.6 Å². The lowest BCUT2D eigenvalue weighted by molar-refractivity contribution is 0.0408. The van der Waals surface area contributed by atoms with Crippen LogP contribution in [0.5, 0.6) is 0 Å². The van der Waals surface area contributed by atoms with Gasteiger partial charge in [-0.1, -0.05) is 18.6 Å². The molecule has 0 bridgehead atoms. The number of pyridine rings is 2. The van der Waals surface area contributed by atoms with Crippen LogP contribution < -0.4 is 5.73 Å². The molecule has 1 fully saturated rings. The van der Waals surface area contributed by atoms with Crippen molar-refractivity contribution in [2.45, 2.75) is 38.6 Å². The summed E-state index contributed by atoms with van der Waals surface area (Å²) in [7, 11) is 0.